The first-order chi connectivity index (χ1) is 16.0. The summed E-state index contributed by atoms with van der Waals surface area (Å²) in [5, 5.41) is 11.2. The molecule has 1 fully saturated rings. The van der Waals surface area contributed by atoms with Crippen LogP contribution in [0.5, 0.6) is 5.75 Å². The van der Waals surface area contributed by atoms with Crippen LogP contribution in [-0.4, -0.2) is 37.9 Å². The number of halogens is 1. The van der Waals surface area contributed by atoms with Crippen LogP contribution in [0.1, 0.15) is 28.4 Å². The molecule has 0 spiro atoms. The van der Waals surface area contributed by atoms with Gasteiger partial charge in [-0.25, -0.2) is 4.79 Å². The van der Waals surface area contributed by atoms with Crippen molar-refractivity contribution in [1.82, 2.24) is 14.8 Å². The number of hydrogen-bond acceptors (Lipinski definition) is 3. The van der Waals surface area contributed by atoms with Gasteiger partial charge >= 0.3 is 6.03 Å². The molecule has 164 valence electrons. The maximum absolute atomic E-state index is 13.7. The topological polar surface area (TPSA) is 76.6 Å². The minimum absolute atomic E-state index is 0.122. The van der Waals surface area contributed by atoms with Crippen LogP contribution in [0, 0.1) is 0 Å². The number of rotatable bonds is 3. The molecule has 33 heavy (non-hydrogen) atoms. The van der Waals surface area contributed by atoms with E-state index in [1.165, 1.54) is 4.90 Å². The van der Waals surface area contributed by atoms with Crippen LogP contribution in [0.15, 0.2) is 77.3 Å². The predicted molar refractivity (Wildman–Crippen MR) is 128 cm³/mol. The van der Waals surface area contributed by atoms with E-state index in [1.807, 2.05) is 54.6 Å². The molecule has 3 aromatic carbocycles. The number of amides is 3. The molecule has 4 aromatic rings. The van der Waals surface area contributed by atoms with Gasteiger partial charge in [-0.3, -0.25) is 14.6 Å². The normalized spacial score (nSPS) is 19.8. The maximum atomic E-state index is 13.7. The molecule has 3 heterocycles. The number of carbonyl (C=O) groups is 2. The molecular formula is C26H20BrN3O3. The van der Waals surface area contributed by atoms with Gasteiger partial charge in [0.15, 0.2) is 0 Å². The summed E-state index contributed by atoms with van der Waals surface area (Å²) in [4.78, 5) is 33.7. The van der Waals surface area contributed by atoms with Gasteiger partial charge < -0.3 is 10.1 Å². The SMILES string of the molecule is O=C1[C@H]2Cc3c([nH]c4ccccc34)[C@@H](c3cccc(O)c3)N2C(=O)N1Cc1ccc(Br)cc1. The molecule has 2 N–H and O–H groups in total. The highest BCUT2D eigenvalue weighted by Gasteiger charge is 2.52. The number of phenols is 1. The molecule has 0 radical (unpaired) electrons. The quantitative estimate of drug-likeness (QED) is 0.382. The minimum Gasteiger partial charge on any atom is -0.508 e. The summed E-state index contributed by atoms with van der Waals surface area (Å²) in [6.45, 7) is 0.222. The van der Waals surface area contributed by atoms with Gasteiger partial charge in [0.2, 0.25) is 0 Å². The van der Waals surface area contributed by atoms with Crippen molar-refractivity contribution in [3.8, 4) is 5.75 Å². The fourth-order valence-corrected chi connectivity index (χ4v) is 5.35. The van der Waals surface area contributed by atoms with Crippen LogP contribution in [0.25, 0.3) is 10.9 Å². The Morgan fingerprint density at radius 1 is 1.00 bits per heavy atom. The molecular weight excluding hydrogens is 482 g/mol. The van der Waals surface area contributed by atoms with E-state index < -0.39 is 12.1 Å². The molecule has 3 amide bonds. The second-order valence-electron chi connectivity index (χ2n) is 8.52. The van der Waals surface area contributed by atoms with E-state index >= 15 is 0 Å². The third-order valence-corrected chi connectivity index (χ3v) is 7.10. The van der Waals surface area contributed by atoms with Crippen LogP contribution in [0.3, 0.4) is 0 Å². The molecule has 1 aromatic heterocycles. The van der Waals surface area contributed by atoms with Gasteiger partial charge in [-0.15, -0.1) is 0 Å². The Hall–Kier alpha value is -3.58. The van der Waals surface area contributed by atoms with Gasteiger partial charge in [0.1, 0.15) is 17.8 Å². The summed E-state index contributed by atoms with van der Waals surface area (Å²) in [7, 11) is 0. The van der Waals surface area contributed by atoms with E-state index in [-0.39, 0.29) is 24.2 Å². The predicted octanol–water partition coefficient (Wildman–Crippen LogP) is 5.11. The van der Waals surface area contributed by atoms with Crippen molar-refractivity contribution in [2.24, 2.45) is 0 Å². The van der Waals surface area contributed by atoms with Gasteiger partial charge in [-0.2, -0.15) is 0 Å². The smallest absolute Gasteiger partial charge is 0.328 e. The summed E-state index contributed by atoms with van der Waals surface area (Å²) in [5.74, 6) is -0.0685. The minimum atomic E-state index is -0.591. The van der Waals surface area contributed by atoms with Crippen LogP contribution >= 0.6 is 15.9 Å². The molecule has 0 saturated carbocycles. The third-order valence-electron chi connectivity index (χ3n) is 6.57. The van der Waals surface area contributed by atoms with Crippen molar-refractivity contribution < 1.29 is 14.7 Å². The molecule has 0 unspecified atom stereocenters. The molecule has 1 saturated heterocycles. The highest BCUT2D eigenvalue weighted by Crippen LogP contribution is 2.44. The van der Waals surface area contributed by atoms with Crippen molar-refractivity contribution in [2.45, 2.75) is 25.0 Å². The molecule has 6 rings (SSSR count). The zero-order valence-electron chi connectivity index (χ0n) is 17.5. The summed E-state index contributed by atoms with van der Waals surface area (Å²) in [5.41, 5.74) is 4.56. The average Bonchev–Trinajstić information content (AvgIpc) is 3.30. The number of carbonyl (C=O) groups excluding carboxylic acids is 2. The first-order valence-corrected chi connectivity index (χ1v) is 11.6. The lowest BCUT2D eigenvalue weighted by molar-refractivity contribution is -0.129. The molecule has 2 atom stereocenters. The summed E-state index contributed by atoms with van der Waals surface area (Å²) < 4.78 is 0.942. The fraction of sp³-hybridized carbons (Fsp3) is 0.154. The van der Waals surface area contributed by atoms with Crippen molar-refractivity contribution >= 4 is 38.8 Å². The number of phenolic OH excluding ortho intramolecular Hbond substituents is 1. The largest absolute Gasteiger partial charge is 0.508 e. The van der Waals surface area contributed by atoms with Crippen LogP contribution < -0.4 is 0 Å². The highest BCUT2D eigenvalue weighted by atomic mass is 79.9. The second-order valence-corrected chi connectivity index (χ2v) is 9.44. The van der Waals surface area contributed by atoms with E-state index in [9.17, 15) is 14.7 Å². The number of aromatic hydroxyl groups is 1. The number of hydrogen-bond donors (Lipinski definition) is 2. The molecule has 2 aliphatic heterocycles. The van der Waals surface area contributed by atoms with Crippen LogP contribution in [-0.2, 0) is 17.8 Å². The van der Waals surface area contributed by atoms with E-state index in [1.54, 1.807) is 23.1 Å². The number of nitrogens with one attached hydrogen (secondary N) is 1. The molecule has 0 bridgehead atoms. The Bertz CT molecular complexity index is 1410. The Kier molecular flexibility index (Phi) is 4.55. The molecule has 6 nitrogen and oxygen atoms in total. The van der Waals surface area contributed by atoms with Crippen molar-refractivity contribution in [2.75, 3.05) is 0 Å². The number of benzene rings is 3. The average molecular weight is 502 g/mol. The Labute approximate surface area is 198 Å². The monoisotopic (exact) mass is 501 g/mol. The second kappa shape index (κ2) is 7.49. The highest BCUT2D eigenvalue weighted by molar-refractivity contribution is 9.10. The number of aromatic nitrogens is 1. The molecule has 0 aliphatic carbocycles. The zero-order valence-corrected chi connectivity index (χ0v) is 19.1. The lowest BCUT2D eigenvalue weighted by Crippen LogP contribution is -2.44. The van der Waals surface area contributed by atoms with Crippen molar-refractivity contribution in [1.29, 1.82) is 0 Å². The molecule has 2 aliphatic rings. The lowest BCUT2D eigenvalue weighted by atomic mass is 9.89. The van der Waals surface area contributed by atoms with E-state index in [0.29, 0.717) is 6.42 Å². The first kappa shape index (κ1) is 20.1. The van der Waals surface area contributed by atoms with Crippen LogP contribution in [0.2, 0.25) is 0 Å². The van der Waals surface area contributed by atoms with Gasteiger partial charge in [-0.05, 0) is 47.0 Å². The molecule has 7 heteroatoms. The Morgan fingerprint density at radius 3 is 2.58 bits per heavy atom. The summed E-state index contributed by atoms with van der Waals surface area (Å²) >= 11 is 3.42. The zero-order chi connectivity index (χ0) is 22.7. The number of nitrogens with zero attached hydrogens (tertiary/aromatic N) is 2. The number of imide groups is 1. The van der Waals surface area contributed by atoms with Gasteiger partial charge in [0.25, 0.3) is 5.91 Å². The van der Waals surface area contributed by atoms with Gasteiger partial charge in [0.05, 0.1) is 6.54 Å². The van der Waals surface area contributed by atoms with Crippen molar-refractivity contribution in [3.05, 3.63) is 99.7 Å². The van der Waals surface area contributed by atoms with E-state index in [0.717, 1.165) is 37.8 Å². The third kappa shape index (κ3) is 3.15. The lowest BCUT2D eigenvalue weighted by Gasteiger charge is -2.36. The number of fused-ring (bicyclic) bond motifs is 4. The van der Waals surface area contributed by atoms with E-state index in [4.69, 9.17) is 0 Å². The van der Waals surface area contributed by atoms with Gasteiger partial charge in [-0.1, -0.05) is 58.4 Å². The summed E-state index contributed by atoms with van der Waals surface area (Å²) in [6, 6.07) is 21.1. The number of H-pyrrole nitrogens is 1. The van der Waals surface area contributed by atoms with Crippen LogP contribution in [0.4, 0.5) is 4.79 Å². The standard InChI is InChI=1S/C26H20BrN3O3/c27-17-10-8-15(9-11-17)14-29-25(32)22-13-20-19-6-1-2-7-21(19)28-23(20)24(30(22)26(29)33)16-4-3-5-18(31)12-16/h1-12,22,24,28,31H,13-14H2/t22-,24-/m1/s1. The number of para-hydroxylation sites is 1. The maximum Gasteiger partial charge on any atom is 0.328 e. The first-order valence-electron chi connectivity index (χ1n) is 10.8. The number of aromatic amines is 1. The van der Waals surface area contributed by atoms with E-state index in [2.05, 4.69) is 20.9 Å². The Balaban J connectivity index is 1.47. The Morgan fingerprint density at radius 2 is 1.79 bits per heavy atom. The fourth-order valence-electron chi connectivity index (χ4n) is 5.09. The summed E-state index contributed by atoms with van der Waals surface area (Å²) in [6.07, 6.45) is 0.454. The van der Waals surface area contributed by atoms with Gasteiger partial charge in [0, 0.05) is 27.5 Å². The van der Waals surface area contributed by atoms with Crippen molar-refractivity contribution in [3.63, 3.8) is 0 Å². The number of urea groups is 1.